The Kier molecular flexibility index (Phi) is 18.9. The normalized spacial score (nSPS) is 15.8. The van der Waals surface area contributed by atoms with Gasteiger partial charge < -0.3 is 28.4 Å². The average Bonchev–Trinajstić information content (AvgIpc) is 2.90. The van der Waals surface area contributed by atoms with E-state index in [1.54, 1.807) is 125 Å². The van der Waals surface area contributed by atoms with E-state index in [4.69, 9.17) is 28.4 Å². The van der Waals surface area contributed by atoms with Crippen molar-refractivity contribution in [2.45, 2.75) is 190 Å². The maximum atomic E-state index is 14.1. The van der Waals surface area contributed by atoms with Gasteiger partial charge in [-0.2, -0.15) is 0 Å². The molecule has 0 radical (unpaired) electrons. The van der Waals surface area contributed by atoms with E-state index in [2.05, 4.69) is 15.9 Å². The third-order valence-electron chi connectivity index (χ3n) is 7.41. The summed E-state index contributed by atoms with van der Waals surface area (Å²) in [7, 11) is 0. The van der Waals surface area contributed by atoms with Crippen LogP contribution in [-0.4, -0.2) is 75.3 Å². The summed E-state index contributed by atoms with van der Waals surface area (Å²) in [6.45, 7) is 30.8. The second kappa shape index (κ2) is 19.9. The molecule has 0 saturated carbocycles. The Hall–Kier alpha value is -2.70. The number of hydrogen-bond acceptors (Lipinski definition) is 12. The zero-order valence-corrected chi connectivity index (χ0v) is 38.0. The van der Waals surface area contributed by atoms with Gasteiger partial charge in [0, 0.05) is 0 Å². The first-order valence-corrected chi connectivity index (χ1v) is 19.8. The molecule has 5 atom stereocenters. The molecule has 0 heterocycles. The van der Waals surface area contributed by atoms with E-state index in [1.807, 2.05) is 0 Å². The van der Waals surface area contributed by atoms with Gasteiger partial charge in [0.05, 0.1) is 35.7 Å². The zero-order valence-electron chi connectivity index (χ0n) is 36.4. The number of ether oxygens (including phenoxy) is 6. The largest absolute Gasteiger partial charge is 0.466 e. The van der Waals surface area contributed by atoms with E-state index >= 15 is 0 Å². The molecule has 0 rings (SSSR count). The maximum Gasteiger partial charge on any atom is 0.320 e. The Morgan fingerprint density at radius 3 is 0.981 bits per heavy atom. The van der Waals surface area contributed by atoms with Crippen molar-refractivity contribution >= 4 is 51.7 Å². The monoisotopic (exact) mass is 834 g/mol. The van der Waals surface area contributed by atoms with Crippen LogP contribution >= 0.6 is 15.9 Å². The van der Waals surface area contributed by atoms with Gasteiger partial charge in [-0.3, -0.25) is 28.8 Å². The molecule has 12 nitrogen and oxygen atoms in total. The molecular weight excluding hydrogens is 764 g/mol. The maximum absolute atomic E-state index is 14.1. The molecule has 0 aliphatic carbocycles. The second-order valence-electron chi connectivity index (χ2n) is 19.7. The first-order valence-electron chi connectivity index (χ1n) is 18.9. The van der Waals surface area contributed by atoms with Crippen molar-refractivity contribution < 1.29 is 57.2 Å². The summed E-state index contributed by atoms with van der Waals surface area (Å²) in [5, 5.41) is 0. The van der Waals surface area contributed by atoms with E-state index in [-0.39, 0.29) is 38.7 Å². The minimum Gasteiger partial charge on any atom is -0.466 e. The predicted molar refractivity (Wildman–Crippen MR) is 209 cm³/mol. The predicted octanol–water partition coefficient (Wildman–Crippen LogP) is 8.46. The first kappa shape index (κ1) is 51.3. The van der Waals surface area contributed by atoms with Crippen LogP contribution in [0.5, 0.6) is 0 Å². The van der Waals surface area contributed by atoms with Crippen LogP contribution in [0.15, 0.2) is 0 Å². The molecule has 0 aliphatic heterocycles. The van der Waals surface area contributed by atoms with Crippen LogP contribution < -0.4 is 0 Å². The van der Waals surface area contributed by atoms with Gasteiger partial charge in [0.1, 0.15) is 32.8 Å². The summed E-state index contributed by atoms with van der Waals surface area (Å²) in [5.41, 5.74) is -5.58. The third-order valence-corrected chi connectivity index (χ3v) is 8.15. The molecule has 314 valence electrons. The van der Waals surface area contributed by atoms with E-state index < -0.39 is 97.7 Å². The van der Waals surface area contributed by atoms with Crippen LogP contribution in [0.4, 0.5) is 0 Å². The van der Waals surface area contributed by atoms with Crippen molar-refractivity contribution in [3.05, 3.63) is 0 Å². The van der Waals surface area contributed by atoms with Crippen LogP contribution in [0.25, 0.3) is 0 Å². The van der Waals surface area contributed by atoms with Gasteiger partial charge in [-0.25, -0.2) is 0 Å². The molecule has 0 saturated heterocycles. The number of esters is 6. The summed E-state index contributed by atoms with van der Waals surface area (Å²) in [6, 6.07) is 0. The highest BCUT2D eigenvalue weighted by Crippen LogP contribution is 2.37. The van der Waals surface area contributed by atoms with Gasteiger partial charge in [0.25, 0.3) is 0 Å². The quantitative estimate of drug-likeness (QED) is 0.0783. The summed E-state index contributed by atoms with van der Waals surface area (Å²) < 4.78 is 34.1. The average molecular weight is 836 g/mol. The molecule has 0 aliphatic rings. The summed E-state index contributed by atoms with van der Waals surface area (Å²) in [5.74, 6) is -7.99. The highest BCUT2D eigenvalue weighted by Gasteiger charge is 2.43. The molecule has 0 bridgehead atoms. The molecule has 0 spiro atoms. The highest BCUT2D eigenvalue weighted by atomic mass is 79.9. The van der Waals surface area contributed by atoms with E-state index in [0.29, 0.717) is 0 Å². The van der Waals surface area contributed by atoms with Gasteiger partial charge in [-0.05, 0) is 157 Å². The molecule has 13 heteroatoms. The Morgan fingerprint density at radius 2 is 0.685 bits per heavy atom. The lowest BCUT2D eigenvalue weighted by Gasteiger charge is -2.33. The number of rotatable bonds is 17. The summed E-state index contributed by atoms with van der Waals surface area (Å²) in [6.07, 6.45) is -0.629. The van der Waals surface area contributed by atoms with Crippen molar-refractivity contribution in [1.29, 1.82) is 0 Å². The van der Waals surface area contributed by atoms with E-state index in [1.165, 1.54) is 0 Å². The van der Waals surface area contributed by atoms with Crippen LogP contribution in [0.2, 0.25) is 0 Å². The van der Waals surface area contributed by atoms with E-state index in [0.717, 1.165) is 0 Å². The number of halogens is 1. The molecule has 0 amide bonds. The van der Waals surface area contributed by atoms with Crippen molar-refractivity contribution in [1.82, 2.24) is 0 Å². The van der Waals surface area contributed by atoms with Crippen molar-refractivity contribution in [2.75, 3.05) is 6.61 Å². The Labute approximate surface area is 333 Å². The summed E-state index contributed by atoms with van der Waals surface area (Å²) >= 11 is 3.39. The number of carbonyl (C=O) groups excluding carboxylic acids is 6. The fraction of sp³-hybridized carbons (Fsp3) is 0.854. The minimum atomic E-state index is -1.14. The molecule has 0 fully saturated rings. The number of alkyl halides is 1. The van der Waals surface area contributed by atoms with Crippen molar-refractivity contribution in [3.63, 3.8) is 0 Å². The summed E-state index contributed by atoms with van der Waals surface area (Å²) in [4.78, 5) is 80.9. The van der Waals surface area contributed by atoms with Gasteiger partial charge in [0.15, 0.2) is 0 Å². The Morgan fingerprint density at radius 1 is 0.426 bits per heavy atom. The molecule has 54 heavy (non-hydrogen) atoms. The second-order valence-corrected chi connectivity index (χ2v) is 20.8. The highest BCUT2D eigenvalue weighted by molar-refractivity contribution is 9.10. The molecule has 0 N–H and O–H groups in total. The lowest BCUT2D eigenvalue weighted by atomic mass is 9.76. The Bertz CT molecular complexity index is 1290. The van der Waals surface area contributed by atoms with Crippen molar-refractivity contribution in [2.24, 2.45) is 29.1 Å². The van der Waals surface area contributed by atoms with E-state index in [9.17, 15) is 28.8 Å². The van der Waals surface area contributed by atoms with Gasteiger partial charge in [-0.1, -0.05) is 15.9 Å². The topological polar surface area (TPSA) is 158 Å². The molecule has 0 aromatic carbocycles. The fourth-order valence-electron chi connectivity index (χ4n) is 5.44. The van der Waals surface area contributed by atoms with Crippen molar-refractivity contribution in [3.8, 4) is 0 Å². The van der Waals surface area contributed by atoms with Gasteiger partial charge in [-0.15, -0.1) is 0 Å². The molecule has 0 aromatic heterocycles. The standard InChI is InChI=1S/C41H71BrO12/c1-19-49-35(48)41(17,18)24-28(33(46)53-39(11,12)13)22-26(31(44)51-37(5,6)7)20-25(30(43)50-36(2,3)4)21-27(32(45)52-38(8,9)10)23-29(42)34(47)54-40(14,15)16/h25-29H,19-24H2,1-18H3. The van der Waals surface area contributed by atoms with Gasteiger partial charge >= 0.3 is 35.8 Å². The van der Waals surface area contributed by atoms with Crippen LogP contribution in [0, 0.1) is 29.1 Å². The molecular formula is C41H71BrO12. The van der Waals surface area contributed by atoms with Crippen LogP contribution in [-0.2, 0) is 57.2 Å². The number of carbonyl (C=O) groups is 6. The molecule has 5 unspecified atom stereocenters. The SMILES string of the molecule is CCOC(=O)C(C)(C)CC(CC(CC(CC(CC(Br)C(=O)OC(C)(C)C)C(=O)OC(C)(C)C)C(=O)OC(C)(C)C)C(=O)OC(C)(C)C)C(=O)OC(C)(C)C. The smallest absolute Gasteiger partial charge is 0.320 e. The van der Waals surface area contributed by atoms with Crippen LogP contribution in [0.3, 0.4) is 0 Å². The lowest BCUT2D eigenvalue weighted by Crippen LogP contribution is -2.40. The van der Waals surface area contributed by atoms with Crippen LogP contribution in [0.1, 0.15) is 157 Å². The fourth-order valence-corrected chi connectivity index (χ4v) is 5.98. The zero-order chi connectivity index (χ0) is 42.8. The number of hydrogen-bond donors (Lipinski definition) is 0. The van der Waals surface area contributed by atoms with Gasteiger partial charge in [0.2, 0.25) is 0 Å². The minimum absolute atomic E-state index is 0.0289. The lowest BCUT2D eigenvalue weighted by molar-refractivity contribution is -0.168. The Balaban J connectivity index is 7.33. The molecule has 0 aromatic rings. The first-order chi connectivity index (χ1) is 23.9. The third kappa shape index (κ3) is 22.0.